The lowest BCUT2D eigenvalue weighted by molar-refractivity contribution is 0.0870. The van der Waals surface area contributed by atoms with Gasteiger partial charge in [-0.25, -0.2) is 0 Å². The zero-order valence-electron chi connectivity index (χ0n) is 11.6. The number of benzene rings is 1. The van der Waals surface area contributed by atoms with Gasteiger partial charge in [-0.3, -0.25) is 4.79 Å². The van der Waals surface area contributed by atoms with Gasteiger partial charge in [-0.2, -0.15) is 0 Å². The highest BCUT2D eigenvalue weighted by Crippen LogP contribution is 2.33. The number of hydrogen-bond donors (Lipinski definition) is 0. The predicted octanol–water partition coefficient (Wildman–Crippen LogP) is 4.78. The van der Waals surface area contributed by atoms with Crippen LogP contribution in [0, 0.1) is 18.8 Å². The molecule has 0 saturated heterocycles. The van der Waals surface area contributed by atoms with Crippen LogP contribution >= 0.6 is 0 Å². The average molecular weight is 244 g/mol. The van der Waals surface area contributed by atoms with Gasteiger partial charge in [0.25, 0.3) is 0 Å². The molecule has 0 N–H and O–H groups in total. The Labute approximate surface area is 111 Å². The summed E-state index contributed by atoms with van der Waals surface area (Å²) in [6.45, 7) is 4.31. The van der Waals surface area contributed by atoms with Crippen molar-refractivity contribution in [3.8, 4) is 0 Å². The van der Waals surface area contributed by atoms with Gasteiger partial charge < -0.3 is 0 Å². The number of aryl methyl sites for hydroxylation is 1. The molecule has 0 aliphatic heterocycles. The van der Waals surface area contributed by atoms with Gasteiger partial charge in [-0.15, -0.1) is 0 Å². The third kappa shape index (κ3) is 3.22. The highest BCUT2D eigenvalue weighted by atomic mass is 16.1. The van der Waals surface area contributed by atoms with Gasteiger partial charge in [0.2, 0.25) is 0 Å². The number of Topliss-reactive ketones (excluding diaryl/α,β-unsaturated/α-hetero) is 1. The maximum atomic E-state index is 12.4. The molecular formula is C17H24O. The first-order valence-electron chi connectivity index (χ1n) is 7.31. The lowest BCUT2D eigenvalue weighted by atomic mass is 9.77. The Bertz CT molecular complexity index is 383. The van der Waals surface area contributed by atoms with Crippen molar-refractivity contribution in [2.75, 3.05) is 0 Å². The van der Waals surface area contributed by atoms with Crippen molar-refractivity contribution in [1.29, 1.82) is 0 Å². The molecule has 1 aliphatic carbocycles. The molecule has 0 radical (unpaired) electrons. The largest absolute Gasteiger partial charge is 0.294 e. The Hall–Kier alpha value is -1.11. The van der Waals surface area contributed by atoms with Crippen molar-refractivity contribution >= 4 is 5.78 Å². The van der Waals surface area contributed by atoms with E-state index in [2.05, 4.69) is 13.8 Å². The van der Waals surface area contributed by atoms with E-state index in [9.17, 15) is 4.79 Å². The monoisotopic (exact) mass is 244 g/mol. The molecule has 1 fully saturated rings. The molecule has 98 valence electrons. The fraction of sp³-hybridized carbons (Fsp3) is 0.588. The number of carbonyl (C=O) groups excluding carboxylic acids is 1. The number of rotatable bonds is 4. The fourth-order valence-electron chi connectivity index (χ4n) is 3.08. The van der Waals surface area contributed by atoms with E-state index >= 15 is 0 Å². The van der Waals surface area contributed by atoms with Crippen molar-refractivity contribution in [3.63, 3.8) is 0 Å². The second kappa shape index (κ2) is 6.17. The maximum absolute atomic E-state index is 12.4. The molecule has 0 amide bonds. The highest BCUT2D eigenvalue weighted by Gasteiger charge is 2.26. The smallest absolute Gasteiger partial charge is 0.165 e. The van der Waals surface area contributed by atoms with E-state index in [1.54, 1.807) is 0 Å². The van der Waals surface area contributed by atoms with Gasteiger partial charge in [0.15, 0.2) is 5.78 Å². The Morgan fingerprint density at radius 3 is 2.28 bits per heavy atom. The quantitative estimate of drug-likeness (QED) is 0.696. The molecule has 0 unspecified atom stereocenters. The third-order valence-electron chi connectivity index (χ3n) is 4.25. The van der Waals surface area contributed by atoms with E-state index in [1.165, 1.54) is 31.2 Å². The summed E-state index contributed by atoms with van der Waals surface area (Å²) in [7, 11) is 0. The summed E-state index contributed by atoms with van der Waals surface area (Å²) in [5, 5.41) is 0. The number of hydrogen-bond acceptors (Lipinski definition) is 1. The zero-order valence-corrected chi connectivity index (χ0v) is 11.6. The van der Waals surface area contributed by atoms with Crippen LogP contribution in [-0.2, 0) is 0 Å². The molecule has 1 nitrogen and oxygen atoms in total. The fourth-order valence-corrected chi connectivity index (χ4v) is 3.08. The van der Waals surface area contributed by atoms with E-state index in [4.69, 9.17) is 0 Å². The molecule has 0 heterocycles. The summed E-state index contributed by atoms with van der Waals surface area (Å²) in [5.41, 5.74) is 2.12. The summed E-state index contributed by atoms with van der Waals surface area (Å²) < 4.78 is 0. The van der Waals surface area contributed by atoms with E-state index in [1.807, 2.05) is 24.3 Å². The topological polar surface area (TPSA) is 17.1 Å². The minimum absolute atomic E-state index is 0.279. The van der Waals surface area contributed by atoms with Crippen molar-refractivity contribution in [2.45, 2.75) is 52.4 Å². The van der Waals surface area contributed by atoms with Crippen LogP contribution < -0.4 is 0 Å². The molecule has 1 heteroatoms. The van der Waals surface area contributed by atoms with Crippen LogP contribution in [0.5, 0.6) is 0 Å². The van der Waals surface area contributed by atoms with Gasteiger partial charge >= 0.3 is 0 Å². The molecule has 1 aromatic carbocycles. The van der Waals surface area contributed by atoms with Crippen molar-refractivity contribution < 1.29 is 4.79 Å². The van der Waals surface area contributed by atoms with Gasteiger partial charge in [0, 0.05) is 11.5 Å². The second-order valence-corrected chi connectivity index (χ2v) is 5.74. The number of carbonyl (C=O) groups is 1. The molecule has 0 atom stereocenters. The first-order chi connectivity index (χ1) is 8.70. The van der Waals surface area contributed by atoms with E-state index in [0.717, 1.165) is 24.3 Å². The Balaban J connectivity index is 1.93. The standard InChI is InChI=1S/C17H24O/c1-3-4-14-7-11-16(12-8-14)17(18)15-9-5-13(2)6-10-15/h5-6,9-10,14,16H,3-4,7-8,11-12H2,1-2H3. The minimum Gasteiger partial charge on any atom is -0.294 e. The summed E-state index contributed by atoms with van der Waals surface area (Å²) >= 11 is 0. The third-order valence-corrected chi connectivity index (χ3v) is 4.25. The van der Waals surface area contributed by atoms with Crippen molar-refractivity contribution in [3.05, 3.63) is 35.4 Å². The van der Waals surface area contributed by atoms with Crippen molar-refractivity contribution in [2.24, 2.45) is 11.8 Å². The van der Waals surface area contributed by atoms with Crippen LogP contribution in [0.4, 0.5) is 0 Å². The van der Waals surface area contributed by atoms with E-state index in [-0.39, 0.29) is 5.92 Å². The molecule has 18 heavy (non-hydrogen) atoms. The van der Waals surface area contributed by atoms with Crippen LogP contribution in [0.25, 0.3) is 0 Å². The Kier molecular flexibility index (Phi) is 4.57. The lowest BCUT2D eigenvalue weighted by Crippen LogP contribution is -2.22. The molecular weight excluding hydrogens is 220 g/mol. The molecule has 1 aliphatic rings. The SMILES string of the molecule is CCCC1CCC(C(=O)c2ccc(C)cc2)CC1. The molecule has 0 bridgehead atoms. The summed E-state index contributed by atoms with van der Waals surface area (Å²) in [6.07, 6.45) is 7.30. The van der Waals surface area contributed by atoms with Crippen LogP contribution in [-0.4, -0.2) is 5.78 Å². The molecule has 2 rings (SSSR count). The zero-order chi connectivity index (χ0) is 13.0. The minimum atomic E-state index is 0.279. The van der Waals surface area contributed by atoms with Gasteiger partial charge in [0.05, 0.1) is 0 Å². The first-order valence-corrected chi connectivity index (χ1v) is 7.31. The lowest BCUT2D eigenvalue weighted by Gasteiger charge is -2.27. The first kappa shape index (κ1) is 13.3. The van der Waals surface area contributed by atoms with Crippen LogP contribution in [0.15, 0.2) is 24.3 Å². The average Bonchev–Trinajstić information content (AvgIpc) is 2.40. The van der Waals surface area contributed by atoms with Gasteiger partial charge in [-0.1, -0.05) is 49.6 Å². The van der Waals surface area contributed by atoms with Crippen LogP contribution in [0.2, 0.25) is 0 Å². The summed E-state index contributed by atoms with van der Waals surface area (Å²) in [5.74, 6) is 1.52. The summed E-state index contributed by atoms with van der Waals surface area (Å²) in [4.78, 5) is 12.4. The number of ketones is 1. The maximum Gasteiger partial charge on any atom is 0.165 e. The Morgan fingerprint density at radius 1 is 1.11 bits per heavy atom. The second-order valence-electron chi connectivity index (χ2n) is 5.74. The van der Waals surface area contributed by atoms with Gasteiger partial charge in [-0.05, 0) is 38.5 Å². The van der Waals surface area contributed by atoms with Crippen LogP contribution in [0.1, 0.15) is 61.4 Å². The molecule has 1 aromatic rings. The molecule has 0 spiro atoms. The van der Waals surface area contributed by atoms with E-state index < -0.39 is 0 Å². The summed E-state index contributed by atoms with van der Waals surface area (Å²) in [6, 6.07) is 8.04. The molecule has 0 aromatic heterocycles. The van der Waals surface area contributed by atoms with Gasteiger partial charge in [0.1, 0.15) is 0 Å². The Morgan fingerprint density at radius 2 is 1.72 bits per heavy atom. The predicted molar refractivity (Wildman–Crippen MR) is 75.9 cm³/mol. The van der Waals surface area contributed by atoms with E-state index in [0.29, 0.717) is 5.78 Å². The normalized spacial score (nSPS) is 23.9. The highest BCUT2D eigenvalue weighted by molar-refractivity contribution is 5.97. The molecule has 1 saturated carbocycles. The van der Waals surface area contributed by atoms with Crippen molar-refractivity contribution in [1.82, 2.24) is 0 Å². The van der Waals surface area contributed by atoms with Crippen LogP contribution in [0.3, 0.4) is 0 Å².